The molecule has 0 amide bonds. The van der Waals surface area contributed by atoms with Crippen LogP contribution in [0.25, 0.3) is 0 Å². The van der Waals surface area contributed by atoms with Gasteiger partial charge < -0.3 is 5.32 Å². The average molecular weight is 288 g/mol. The first-order valence-electron chi connectivity index (χ1n) is 8.54. The van der Waals surface area contributed by atoms with E-state index in [9.17, 15) is 0 Å². The van der Waals surface area contributed by atoms with Crippen molar-refractivity contribution in [2.24, 2.45) is 11.8 Å². The molecule has 0 radical (unpaired) electrons. The minimum Gasteiger partial charge on any atom is -0.311 e. The monoisotopic (exact) mass is 288 g/mol. The average Bonchev–Trinajstić information content (AvgIpc) is 2.48. The second kappa shape index (κ2) is 7.42. The zero-order chi connectivity index (χ0) is 15.4. The molecular formula is C19H32N2. The summed E-state index contributed by atoms with van der Waals surface area (Å²) in [5, 5.41) is 3.78. The molecule has 1 aliphatic rings. The van der Waals surface area contributed by atoms with Crippen LogP contribution in [-0.2, 0) is 6.54 Å². The van der Waals surface area contributed by atoms with Crippen molar-refractivity contribution < 1.29 is 0 Å². The smallest absolute Gasteiger partial charge is 0.0247 e. The predicted molar refractivity (Wildman–Crippen MR) is 91.5 cm³/mol. The van der Waals surface area contributed by atoms with Crippen LogP contribution in [0.5, 0.6) is 0 Å². The fraction of sp³-hybridized carbons (Fsp3) is 0.684. The number of benzene rings is 1. The normalized spacial score (nSPS) is 25.2. The Morgan fingerprint density at radius 2 is 1.86 bits per heavy atom. The third-order valence-corrected chi connectivity index (χ3v) is 5.10. The molecule has 1 aliphatic heterocycles. The highest BCUT2D eigenvalue weighted by Gasteiger charge is 2.31. The van der Waals surface area contributed by atoms with Crippen molar-refractivity contribution in [3.8, 4) is 0 Å². The summed E-state index contributed by atoms with van der Waals surface area (Å²) in [6.07, 6.45) is 1.25. The van der Waals surface area contributed by atoms with E-state index in [4.69, 9.17) is 0 Å². The van der Waals surface area contributed by atoms with Gasteiger partial charge in [0.25, 0.3) is 0 Å². The van der Waals surface area contributed by atoms with Crippen molar-refractivity contribution in [1.29, 1.82) is 0 Å². The lowest BCUT2D eigenvalue weighted by atomic mass is 9.91. The van der Waals surface area contributed by atoms with Crippen molar-refractivity contribution in [1.82, 2.24) is 10.2 Å². The quantitative estimate of drug-likeness (QED) is 0.885. The largest absolute Gasteiger partial charge is 0.311 e. The third-order valence-electron chi connectivity index (χ3n) is 5.10. The van der Waals surface area contributed by atoms with Gasteiger partial charge in [-0.15, -0.1) is 0 Å². The van der Waals surface area contributed by atoms with Crippen LogP contribution < -0.4 is 5.32 Å². The Morgan fingerprint density at radius 3 is 2.43 bits per heavy atom. The van der Waals surface area contributed by atoms with Gasteiger partial charge in [-0.2, -0.15) is 0 Å². The summed E-state index contributed by atoms with van der Waals surface area (Å²) < 4.78 is 0. The second-order valence-corrected chi connectivity index (χ2v) is 7.13. The maximum absolute atomic E-state index is 3.78. The van der Waals surface area contributed by atoms with Crippen LogP contribution >= 0.6 is 0 Å². The van der Waals surface area contributed by atoms with E-state index in [-0.39, 0.29) is 0 Å². The second-order valence-electron chi connectivity index (χ2n) is 7.13. The Morgan fingerprint density at radius 1 is 1.19 bits per heavy atom. The van der Waals surface area contributed by atoms with Crippen molar-refractivity contribution in [2.75, 3.05) is 13.1 Å². The van der Waals surface area contributed by atoms with Gasteiger partial charge in [-0.1, -0.05) is 63.9 Å². The third kappa shape index (κ3) is 4.31. The number of nitrogens with zero attached hydrogens (tertiary/aromatic N) is 1. The van der Waals surface area contributed by atoms with Crippen molar-refractivity contribution in [3.63, 3.8) is 0 Å². The minimum atomic E-state index is 0.635. The fourth-order valence-electron chi connectivity index (χ4n) is 3.29. The van der Waals surface area contributed by atoms with Gasteiger partial charge >= 0.3 is 0 Å². The molecule has 0 aromatic heterocycles. The van der Waals surface area contributed by atoms with Crippen LogP contribution in [0.3, 0.4) is 0 Å². The highest BCUT2D eigenvalue weighted by atomic mass is 15.2. The van der Waals surface area contributed by atoms with Gasteiger partial charge in [0.2, 0.25) is 0 Å². The van der Waals surface area contributed by atoms with E-state index in [1.165, 1.54) is 24.1 Å². The fourth-order valence-corrected chi connectivity index (χ4v) is 3.29. The molecule has 1 saturated heterocycles. The Balaban J connectivity index is 2.08. The minimum absolute atomic E-state index is 0.635. The van der Waals surface area contributed by atoms with E-state index in [1.54, 1.807) is 0 Å². The van der Waals surface area contributed by atoms with E-state index in [0.29, 0.717) is 18.0 Å². The van der Waals surface area contributed by atoms with Crippen molar-refractivity contribution in [3.05, 3.63) is 35.4 Å². The zero-order valence-corrected chi connectivity index (χ0v) is 14.4. The van der Waals surface area contributed by atoms with E-state index in [1.807, 2.05) is 0 Å². The maximum atomic E-state index is 3.78. The summed E-state index contributed by atoms with van der Waals surface area (Å²) in [6.45, 7) is 14.9. The molecule has 1 N–H and O–H groups in total. The van der Waals surface area contributed by atoms with Crippen LogP contribution in [0, 0.1) is 18.8 Å². The number of aryl methyl sites for hydroxylation is 1. The lowest BCUT2D eigenvalue weighted by Crippen LogP contribution is -2.59. The Hall–Kier alpha value is -0.860. The summed E-state index contributed by atoms with van der Waals surface area (Å²) in [6, 6.07) is 10.3. The molecule has 0 bridgehead atoms. The molecule has 0 saturated carbocycles. The molecule has 0 aliphatic carbocycles. The topological polar surface area (TPSA) is 15.3 Å². The van der Waals surface area contributed by atoms with Crippen molar-refractivity contribution >= 4 is 0 Å². The molecule has 1 heterocycles. The Kier molecular flexibility index (Phi) is 5.83. The molecular weight excluding hydrogens is 256 g/mol. The van der Waals surface area contributed by atoms with E-state index in [2.05, 4.69) is 69.1 Å². The van der Waals surface area contributed by atoms with Crippen LogP contribution in [-0.4, -0.2) is 30.1 Å². The van der Waals surface area contributed by atoms with Crippen LogP contribution in [0.4, 0.5) is 0 Å². The highest BCUT2D eigenvalue weighted by molar-refractivity contribution is 5.21. The molecule has 3 atom stereocenters. The first-order chi connectivity index (χ1) is 10.0. The molecule has 2 rings (SSSR count). The molecule has 1 aromatic carbocycles. The van der Waals surface area contributed by atoms with Crippen LogP contribution in [0.2, 0.25) is 0 Å². The predicted octanol–water partition coefficient (Wildman–Crippen LogP) is 3.84. The molecule has 3 unspecified atom stereocenters. The highest BCUT2D eigenvalue weighted by Crippen LogP contribution is 2.22. The lowest BCUT2D eigenvalue weighted by molar-refractivity contribution is 0.0753. The van der Waals surface area contributed by atoms with Gasteiger partial charge in [-0.05, 0) is 24.3 Å². The van der Waals surface area contributed by atoms with Crippen molar-refractivity contribution in [2.45, 2.75) is 59.7 Å². The van der Waals surface area contributed by atoms with Gasteiger partial charge in [0.1, 0.15) is 0 Å². The summed E-state index contributed by atoms with van der Waals surface area (Å²) in [4.78, 5) is 2.70. The maximum Gasteiger partial charge on any atom is 0.0247 e. The van der Waals surface area contributed by atoms with E-state index in [0.717, 1.165) is 19.0 Å². The molecule has 21 heavy (non-hydrogen) atoms. The van der Waals surface area contributed by atoms with E-state index < -0.39 is 0 Å². The molecule has 0 spiro atoms. The summed E-state index contributed by atoms with van der Waals surface area (Å²) >= 11 is 0. The summed E-state index contributed by atoms with van der Waals surface area (Å²) in [7, 11) is 0. The van der Waals surface area contributed by atoms with Gasteiger partial charge in [-0.25, -0.2) is 0 Å². The Bertz CT molecular complexity index is 424. The van der Waals surface area contributed by atoms with Gasteiger partial charge in [0, 0.05) is 31.7 Å². The number of nitrogens with one attached hydrogen (secondary N) is 1. The first-order valence-corrected chi connectivity index (χ1v) is 8.54. The molecule has 2 nitrogen and oxygen atoms in total. The molecule has 118 valence electrons. The molecule has 1 fully saturated rings. The standard InChI is InChI=1S/C19H32N2/c1-6-16(5)18-13-21(19(11-20-18)14(2)3)12-17-9-7-15(4)8-10-17/h7-10,14,16,18-20H,6,11-13H2,1-5H3. The zero-order valence-electron chi connectivity index (χ0n) is 14.4. The SMILES string of the molecule is CCC(C)C1CN(Cc2ccc(C)cc2)C(C(C)C)CN1. The summed E-state index contributed by atoms with van der Waals surface area (Å²) in [5.74, 6) is 1.44. The number of piperazine rings is 1. The lowest BCUT2D eigenvalue weighted by Gasteiger charge is -2.44. The van der Waals surface area contributed by atoms with E-state index >= 15 is 0 Å². The first kappa shape index (κ1) is 16.5. The molecule has 2 heteroatoms. The Labute approximate surface area is 130 Å². The number of hydrogen-bond donors (Lipinski definition) is 1. The number of rotatable bonds is 5. The number of hydrogen-bond acceptors (Lipinski definition) is 2. The van der Waals surface area contributed by atoms with Gasteiger partial charge in [-0.3, -0.25) is 4.90 Å². The van der Waals surface area contributed by atoms with Gasteiger partial charge in [0.05, 0.1) is 0 Å². The summed E-state index contributed by atoms with van der Waals surface area (Å²) in [5.41, 5.74) is 2.79. The van der Waals surface area contributed by atoms with Gasteiger partial charge in [0.15, 0.2) is 0 Å². The van der Waals surface area contributed by atoms with Crippen LogP contribution in [0.1, 0.15) is 45.2 Å². The van der Waals surface area contributed by atoms with Crippen LogP contribution in [0.15, 0.2) is 24.3 Å². The molecule has 1 aromatic rings.